The number of para-hydroxylation sites is 1. The average Bonchev–Trinajstić information content (AvgIpc) is 3.00. The van der Waals surface area contributed by atoms with Crippen molar-refractivity contribution in [3.8, 4) is 5.75 Å². The molecule has 172 valence electrons. The Balaban J connectivity index is 1.26. The topological polar surface area (TPSA) is 79.4 Å². The molecule has 2 saturated heterocycles. The van der Waals surface area contributed by atoms with Gasteiger partial charge < -0.3 is 14.4 Å². The second-order valence-electron chi connectivity index (χ2n) is 8.59. The molecule has 3 heterocycles. The van der Waals surface area contributed by atoms with Crippen LogP contribution in [0, 0.1) is 0 Å². The Labute approximate surface area is 196 Å². The fourth-order valence-electron chi connectivity index (χ4n) is 4.69. The standard InChI is InChI=1S/C24H24ClN3O5/c25-17-7-8-20-19(13-17)27(22(30)15-32-20)14-21(29)26-11-4-9-24(10-12-26)16-28(23(31)33-24)18-5-2-1-3-6-18/h1-3,5-8,13H,4,9-12,14-16H2. The molecule has 1 spiro atoms. The van der Waals surface area contributed by atoms with Crippen LogP contribution in [0.25, 0.3) is 0 Å². The van der Waals surface area contributed by atoms with Crippen molar-refractivity contribution < 1.29 is 23.9 Å². The van der Waals surface area contributed by atoms with Gasteiger partial charge in [-0.25, -0.2) is 4.79 Å². The van der Waals surface area contributed by atoms with Crippen LogP contribution in [-0.2, 0) is 14.3 Å². The van der Waals surface area contributed by atoms with Crippen molar-refractivity contribution in [3.05, 3.63) is 53.6 Å². The molecule has 2 fully saturated rings. The number of nitrogens with zero attached hydrogens (tertiary/aromatic N) is 3. The molecule has 3 aliphatic heterocycles. The van der Waals surface area contributed by atoms with Gasteiger partial charge in [0.15, 0.2) is 6.61 Å². The summed E-state index contributed by atoms with van der Waals surface area (Å²) in [7, 11) is 0. The zero-order valence-corrected chi connectivity index (χ0v) is 18.8. The minimum Gasteiger partial charge on any atom is -0.482 e. The molecule has 3 amide bonds. The number of carbonyl (C=O) groups excluding carboxylic acids is 3. The summed E-state index contributed by atoms with van der Waals surface area (Å²) >= 11 is 6.10. The number of benzene rings is 2. The average molecular weight is 470 g/mol. The number of hydrogen-bond acceptors (Lipinski definition) is 5. The van der Waals surface area contributed by atoms with Gasteiger partial charge in [-0.15, -0.1) is 0 Å². The number of likely N-dealkylation sites (tertiary alicyclic amines) is 1. The van der Waals surface area contributed by atoms with Gasteiger partial charge in [0.2, 0.25) is 5.91 Å². The third-order valence-corrected chi connectivity index (χ3v) is 6.68. The summed E-state index contributed by atoms with van der Waals surface area (Å²) in [5.74, 6) is 0.0885. The van der Waals surface area contributed by atoms with E-state index in [1.54, 1.807) is 28.0 Å². The van der Waals surface area contributed by atoms with E-state index in [1.165, 1.54) is 4.90 Å². The van der Waals surface area contributed by atoms with E-state index in [9.17, 15) is 14.4 Å². The van der Waals surface area contributed by atoms with Gasteiger partial charge in [-0.05, 0) is 43.2 Å². The summed E-state index contributed by atoms with van der Waals surface area (Å²) < 4.78 is 11.3. The minimum absolute atomic E-state index is 0.0849. The zero-order chi connectivity index (χ0) is 23.0. The summed E-state index contributed by atoms with van der Waals surface area (Å²) in [4.78, 5) is 43.1. The second kappa shape index (κ2) is 8.59. The maximum absolute atomic E-state index is 13.2. The minimum atomic E-state index is -0.614. The van der Waals surface area contributed by atoms with Crippen LogP contribution in [0.4, 0.5) is 16.2 Å². The second-order valence-corrected chi connectivity index (χ2v) is 9.02. The molecule has 0 aromatic heterocycles. The van der Waals surface area contributed by atoms with Crippen molar-refractivity contribution >= 4 is 40.9 Å². The quantitative estimate of drug-likeness (QED) is 0.687. The molecule has 0 bridgehead atoms. The van der Waals surface area contributed by atoms with Crippen molar-refractivity contribution in [2.75, 3.05) is 42.6 Å². The fraction of sp³-hybridized carbons (Fsp3) is 0.375. The molecule has 33 heavy (non-hydrogen) atoms. The van der Waals surface area contributed by atoms with Gasteiger partial charge in [-0.2, -0.15) is 0 Å². The molecule has 8 nitrogen and oxygen atoms in total. The number of ether oxygens (including phenoxy) is 2. The molecule has 2 aromatic carbocycles. The Morgan fingerprint density at radius 2 is 1.88 bits per heavy atom. The molecule has 0 saturated carbocycles. The Bertz CT molecular complexity index is 1090. The Morgan fingerprint density at radius 1 is 1.06 bits per heavy atom. The van der Waals surface area contributed by atoms with Gasteiger partial charge in [-0.1, -0.05) is 29.8 Å². The number of fused-ring (bicyclic) bond motifs is 1. The van der Waals surface area contributed by atoms with E-state index in [1.807, 2.05) is 30.3 Å². The third-order valence-electron chi connectivity index (χ3n) is 6.45. The number of amides is 3. The highest BCUT2D eigenvalue weighted by molar-refractivity contribution is 6.31. The first-order chi connectivity index (χ1) is 15.9. The summed E-state index contributed by atoms with van der Waals surface area (Å²) in [5, 5.41) is 0.465. The van der Waals surface area contributed by atoms with E-state index in [0.717, 1.165) is 5.69 Å². The molecular weight excluding hydrogens is 446 g/mol. The molecule has 9 heteroatoms. The molecule has 1 atom stereocenters. The van der Waals surface area contributed by atoms with Crippen LogP contribution in [0.2, 0.25) is 5.02 Å². The van der Waals surface area contributed by atoms with Crippen LogP contribution in [0.3, 0.4) is 0 Å². The van der Waals surface area contributed by atoms with E-state index in [4.69, 9.17) is 21.1 Å². The van der Waals surface area contributed by atoms with Crippen molar-refractivity contribution in [1.29, 1.82) is 0 Å². The summed E-state index contributed by atoms with van der Waals surface area (Å²) in [6.45, 7) is 1.26. The van der Waals surface area contributed by atoms with Crippen LogP contribution in [0.1, 0.15) is 19.3 Å². The Kier molecular flexibility index (Phi) is 5.62. The van der Waals surface area contributed by atoms with Crippen LogP contribution in [-0.4, -0.2) is 61.2 Å². The monoisotopic (exact) mass is 469 g/mol. The summed E-state index contributed by atoms with van der Waals surface area (Å²) in [6, 6.07) is 14.5. The lowest BCUT2D eigenvalue weighted by Crippen LogP contribution is -2.47. The molecule has 0 N–H and O–H groups in total. The van der Waals surface area contributed by atoms with Gasteiger partial charge in [-0.3, -0.25) is 19.4 Å². The molecule has 3 aliphatic rings. The molecule has 1 unspecified atom stereocenters. The van der Waals surface area contributed by atoms with Crippen molar-refractivity contribution in [2.45, 2.75) is 24.9 Å². The highest BCUT2D eigenvalue weighted by atomic mass is 35.5. The first-order valence-corrected chi connectivity index (χ1v) is 11.4. The number of halogens is 1. The van der Waals surface area contributed by atoms with E-state index in [0.29, 0.717) is 55.4 Å². The largest absolute Gasteiger partial charge is 0.482 e. The van der Waals surface area contributed by atoms with E-state index in [-0.39, 0.29) is 31.1 Å². The van der Waals surface area contributed by atoms with Crippen LogP contribution in [0.15, 0.2) is 48.5 Å². The van der Waals surface area contributed by atoms with E-state index >= 15 is 0 Å². The molecular formula is C24H24ClN3O5. The number of carbonyl (C=O) groups is 3. The van der Waals surface area contributed by atoms with Gasteiger partial charge in [0.1, 0.15) is 17.9 Å². The summed E-state index contributed by atoms with van der Waals surface area (Å²) in [5.41, 5.74) is 0.693. The lowest BCUT2D eigenvalue weighted by molar-refractivity contribution is -0.132. The first-order valence-electron chi connectivity index (χ1n) is 11.0. The third kappa shape index (κ3) is 4.23. The van der Waals surface area contributed by atoms with Crippen molar-refractivity contribution in [1.82, 2.24) is 4.90 Å². The normalized spacial score (nSPS) is 22.6. The van der Waals surface area contributed by atoms with Crippen LogP contribution >= 0.6 is 11.6 Å². The number of anilines is 2. The summed E-state index contributed by atoms with van der Waals surface area (Å²) in [6.07, 6.45) is 1.59. The van der Waals surface area contributed by atoms with Gasteiger partial charge >= 0.3 is 6.09 Å². The van der Waals surface area contributed by atoms with Crippen molar-refractivity contribution in [3.63, 3.8) is 0 Å². The molecule has 0 radical (unpaired) electrons. The van der Waals surface area contributed by atoms with Crippen molar-refractivity contribution in [2.24, 2.45) is 0 Å². The van der Waals surface area contributed by atoms with Gasteiger partial charge in [0, 0.05) is 30.2 Å². The smallest absolute Gasteiger partial charge is 0.415 e. The SMILES string of the molecule is O=C(CN1C(=O)COc2ccc(Cl)cc21)N1CCCC2(CC1)CN(c1ccccc1)C(=O)O2. The first kappa shape index (κ1) is 21.6. The van der Waals surface area contributed by atoms with Gasteiger partial charge in [0.25, 0.3) is 5.91 Å². The van der Waals surface area contributed by atoms with Crippen LogP contribution in [0.5, 0.6) is 5.75 Å². The molecule has 0 aliphatic carbocycles. The predicted octanol–water partition coefficient (Wildman–Crippen LogP) is 3.47. The fourth-order valence-corrected chi connectivity index (χ4v) is 4.86. The highest BCUT2D eigenvalue weighted by Crippen LogP contribution is 2.37. The van der Waals surface area contributed by atoms with E-state index < -0.39 is 5.60 Å². The number of hydrogen-bond donors (Lipinski definition) is 0. The lowest BCUT2D eigenvalue weighted by Gasteiger charge is -2.31. The molecule has 5 rings (SSSR count). The zero-order valence-electron chi connectivity index (χ0n) is 18.0. The Morgan fingerprint density at radius 3 is 2.70 bits per heavy atom. The van der Waals surface area contributed by atoms with E-state index in [2.05, 4.69) is 0 Å². The van der Waals surface area contributed by atoms with Crippen LogP contribution < -0.4 is 14.5 Å². The lowest BCUT2D eigenvalue weighted by atomic mass is 9.95. The predicted molar refractivity (Wildman–Crippen MR) is 123 cm³/mol. The maximum Gasteiger partial charge on any atom is 0.415 e. The number of rotatable bonds is 3. The van der Waals surface area contributed by atoms with Gasteiger partial charge in [0.05, 0.1) is 12.2 Å². The maximum atomic E-state index is 13.2. The molecule has 2 aromatic rings. The highest BCUT2D eigenvalue weighted by Gasteiger charge is 2.46. The Hall–Kier alpha value is -3.26.